The number of hydrogen-bond donors (Lipinski definition) is 0. The van der Waals surface area contributed by atoms with Crippen LogP contribution in [0.15, 0.2) is 48.5 Å². The van der Waals surface area contributed by atoms with Gasteiger partial charge in [0.15, 0.2) is 0 Å². The second-order valence-electron chi connectivity index (χ2n) is 5.38. The van der Waals surface area contributed by atoms with Crippen LogP contribution in [0.3, 0.4) is 0 Å². The van der Waals surface area contributed by atoms with E-state index in [2.05, 4.69) is 30.6 Å². The molecule has 3 heteroatoms. The Morgan fingerprint density at radius 2 is 1.29 bits per heavy atom. The van der Waals surface area contributed by atoms with Crippen LogP contribution < -0.4 is 9.47 Å². The number of rotatable bonds is 7. The van der Waals surface area contributed by atoms with E-state index >= 15 is 0 Å². The van der Waals surface area contributed by atoms with Gasteiger partial charge in [0.1, 0.15) is 18.1 Å². The van der Waals surface area contributed by atoms with Crippen molar-refractivity contribution in [1.29, 1.82) is 0 Å². The van der Waals surface area contributed by atoms with Crippen molar-refractivity contribution in [3.63, 3.8) is 0 Å². The summed E-state index contributed by atoms with van der Waals surface area (Å²) in [6, 6.07) is 15.7. The van der Waals surface area contributed by atoms with Gasteiger partial charge in [0.25, 0.3) is 0 Å². The fraction of sp³-hybridized carbons (Fsp3) is 0.333. The average Bonchev–Trinajstić information content (AvgIpc) is 2.65. The van der Waals surface area contributed by atoms with Crippen LogP contribution in [-0.2, 0) is 0 Å². The van der Waals surface area contributed by atoms with E-state index in [1.54, 1.807) is 7.11 Å². The lowest BCUT2D eigenvalue weighted by molar-refractivity contribution is 0.223. The van der Waals surface area contributed by atoms with Crippen molar-refractivity contribution in [2.45, 2.75) is 13.8 Å². The van der Waals surface area contributed by atoms with Crippen LogP contribution in [0.25, 0.3) is 0 Å². The SMILES string of the molecule is CCN(CC)CCOc1ccc(C#Cc2ccc(OC)cc2)cc1. The largest absolute Gasteiger partial charge is 0.497 e. The molecule has 0 bridgehead atoms. The summed E-state index contributed by atoms with van der Waals surface area (Å²) in [7, 11) is 1.66. The Morgan fingerprint density at radius 3 is 1.75 bits per heavy atom. The summed E-state index contributed by atoms with van der Waals surface area (Å²) in [5.74, 6) is 8.04. The maximum Gasteiger partial charge on any atom is 0.119 e. The standard InChI is InChI=1S/C21H25NO2/c1-4-22(5-2)16-17-24-21-14-10-19(11-15-21)7-6-18-8-12-20(23-3)13-9-18/h8-15H,4-5,16-17H2,1-3H3. The van der Waals surface area contributed by atoms with Crippen molar-refractivity contribution >= 4 is 0 Å². The number of hydrogen-bond acceptors (Lipinski definition) is 3. The lowest BCUT2D eigenvalue weighted by atomic mass is 10.2. The Morgan fingerprint density at radius 1 is 0.792 bits per heavy atom. The lowest BCUT2D eigenvalue weighted by Gasteiger charge is -2.17. The highest BCUT2D eigenvalue weighted by atomic mass is 16.5. The summed E-state index contributed by atoms with van der Waals surface area (Å²) in [6.45, 7) is 8.10. The van der Waals surface area contributed by atoms with Crippen LogP contribution in [0.4, 0.5) is 0 Å². The first-order valence-electron chi connectivity index (χ1n) is 8.36. The molecular weight excluding hydrogens is 298 g/mol. The molecule has 0 saturated heterocycles. The van der Waals surface area contributed by atoms with Gasteiger partial charge in [0.05, 0.1) is 7.11 Å². The Kier molecular flexibility index (Phi) is 7.20. The van der Waals surface area contributed by atoms with Gasteiger partial charge in [-0.3, -0.25) is 0 Å². The van der Waals surface area contributed by atoms with Crippen LogP contribution in [0.5, 0.6) is 11.5 Å². The maximum atomic E-state index is 5.78. The average molecular weight is 323 g/mol. The third-order valence-electron chi connectivity index (χ3n) is 3.87. The van der Waals surface area contributed by atoms with E-state index in [9.17, 15) is 0 Å². The van der Waals surface area contributed by atoms with Gasteiger partial charge in [-0.1, -0.05) is 25.7 Å². The highest BCUT2D eigenvalue weighted by Gasteiger charge is 1.99. The van der Waals surface area contributed by atoms with Gasteiger partial charge >= 0.3 is 0 Å². The molecule has 0 amide bonds. The van der Waals surface area contributed by atoms with E-state index < -0.39 is 0 Å². The molecule has 0 fully saturated rings. The molecule has 0 spiro atoms. The Balaban J connectivity index is 1.89. The van der Waals surface area contributed by atoms with Crippen LogP contribution in [0.2, 0.25) is 0 Å². The molecule has 0 atom stereocenters. The summed E-state index contributed by atoms with van der Waals surface area (Å²) in [6.07, 6.45) is 0. The van der Waals surface area contributed by atoms with Crippen molar-refractivity contribution in [1.82, 2.24) is 4.90 Å². The number of likely N-dealkylation sites (N-methyl/N-ethyl adjacent to an activating group) is 1. The van der Waals surface area contributed by atoms with Crippen molar-refractivity contribution < 1.29 is 9.47 Å². The van der Waals surface area contributed by atoms with E-state index in [0.29, 0.717) is 6.61 Å². The van der Waals surface area contributed by atoms with Gasteiger partial charge in [-0.15, -0.1) is 0 Å². The highest BCUT2D eigenvalue weighted by molar-refractivity contribution is 5.45. The molecule has 0 aromatic heterocycles. The molecule has 0 aliphatic carbocycles. The molecule has 126 valence electrons. The second-order valence-corrected chi connectivity index (χ2v) is 5.38. The molecule has 0 radical (unpaired) electrons. The quantitative estimate of drug-likeness (QED) is 0.723. The van der Waals surface area contributed by atoms with Gasteiger partial charge in [0.2, 0.25) is 0 Å². The monoisotopic (exact) mass is 323 g/mol. The predicted octanol–water partition coefficient (Wildman–Crippen LogP) is 3.82. The normalized spacial score (nSPS) is 10.2. The molecule has 0 saturated carbocycles. The second kappa shape index (κ2) is 9.64. The molecule has 0 aliphatic rings. The van der Waals surface area contributed by atoms with Gasteiger partial charge in [0, 0.05) is 17.7 Å². The molecule has 3 nitrogen and oxygen atoms in total. The summed E-state index contributed by atoms with van der Waals surface area (Å²) >= 11 is 0. The van der Waals surface area contributed by atoms with Crippen LogP contribution in [-0.4, -0.2) is 38.3 Å². The zero-order valence-corrected chi connectivity index (χ0v) is 14.7. The number of benzene rings is 2. The Bertz CT molecular complexity index is 662. The molecule has 2 aromatic carbocycles. The zero-order chi connectivity index (χ0) is 17.2. The fourth-order valence-corrected chi connectivity index (χ4v) is 2.29. The summed E-state index contributed by atoms with van der Waals surface area (Å²) < 4.78 is 10.9. The van der Waals surface area contributed by atoms with E-state index in [1.165, 1.54) is 0 Å². The first-order chi connectivity index (χ1) is 11.7. The van der Waals surface area contributed by atoms with Gasteiger partial charge in [-0.05, 0) is 61.6 Å². The summed E-state index contributed by atoms with van der Waals surface area (Å²) in [5.41, 5.74) is 1.94. The van der Waals surface area contributed by atoms with Crippen LogP contribution in [0.1, 0.15) is 25.0 Å². The molecule has 0 unspecified atom stereocenters. The van der Waals surface area contributed by atoms with Gasteiger partial charge < -0.3 is 14.4 Å². The smallest absolute Gasteiger partial charge is 0.119 e. The number of nitrogens with zero attached hydrogens (tertiary/aromatic N) is 1. The lowest BCUT2D eigenvalue weighted by Crippen LogP contribution is -2.27. The minimum absolute atomic E-state index is 0.707. The third-order valence-corrected chi connectivity index (χ3v) is 3.87. The summed E-state index contributed by atoms with van der Waals surface area (Å²) in [5, 5.41) is 0. The number of ether oxygens (including phenoxy) is 2. The molecular formula is C21H25NO2. The molecule has 0 aliphatic heterocycles. The molecule has 0 heterocycles. The van der Waals surface area contributed by atoms with E-state index in [4.69, 9.17) is 9.47 Å². The molecule has 24 heavy (non-hydrogen) atoms. The van der Waals surface area contributed by atoms with Crippen LogP contribution >= 0.6 is 0 Å². The third kappa shape index (κ3) is 5.64. The fourth-order valence-electron chi connectivity index (χ4n) is 2.29. The Hall–Kier alpha value is -2.44. The van der Waals surface area contributed by atoms with Gasteiger partial charge in [-0.2, -0.15) is 0 Å². The van der Waals surface area contributed by atoms with Crippen molar-refractivity contribution in [2.75, 3.05) is 33.4 Å². The summed E-state index contributed by atoms with van der Waals surface area (Å²) in [4.78, 5) is 2.34. The zero-order valence-electron chi connectivity index (χ0n) is 14.7. The van der Waals surface area contributed by atoms with Crippen molar-refractivity contribution in [3.05, 3.63) is 59.7 Å². The minimum atomic E-state index is 0.707. The topological polar surface area (TPSA) is 21.7 Å². The number of methoxy groups -OCH3 is 1. The van der Waals surface area contributed by atoms with Crippen molar-refractivity contribution in [3.8, 4) is 23.3 Å². The molecule has 2 rings (SSSR count). The molecule has 2 aromatic rings. The van der Waals surface area contributed by atoms with E-state index in [0.717, 1.165) is 42.3 Å². The van der Waals surface area contributed by atoms with Gasteiger partial charge in [-0.25, -0.2) is 0 Å². The predicted molar refractivity (Wildman–Crippen MR) is 98.7 cm³/mol. The maximum absolute atomic E-state index is 5.78. The highest BCUT2D eigenvalue weighted by Crippen LogP contribution is 2.13. The minimum Gasteiger partial charge on any atom is -0.497 e. The first kappa shape index (κ1) is 17.9. The van der Waals surface area contributed by atoms with E-state index in [-0.39, 0.29) is 0 Å². The molecule has 0 N–H and O–H groups in total. The van der Waals surface area contributed by atoms with Crippen molar-refractivity contribution in [2.24, 2.45) is 0 Å². The first-order valence-corrected chi connectivity index (χ1v) is 8.36. The van der Waals surface area contributed by atoms with Crippen LogP contribution in [0, 0.1) is 11.8 Å². The van der Waals surface area contributed by atoms with E-state index in [1.807, 2.05) is 48.5 Å². The Labute approximate surface area is 145 Å².